The van der Waals surface area contributed by atoms with Crippen LogP contribution in [0, 0.1) is 0 Å². The van der Waals surface area contributed by atoms with Crippen LogP contribution in [-0.2, 0) is 4.74 Å². The second-order valence-corrected chi connectivity index (χ2v) is 2.51. The van der Waals surface area contributed by atoms with Gasteiger partial charge in [-0.05, 0) is 0 Å². The average molecular weight is 167 g/mol. The standard InChI is InChI=1S/C6H11F2NO2/c7-6(8)1-9-4-2-11-3-5(4)10/h4-6,9-10H,1-3H2. The first-order valence-corrected chi connectivity index (χ1v) is 3.47. The molecule has 0 spiro atoms. The van der Waals surface area contributed by atoms with E-state index < -0.39 is 12.5 Å². The van der Waals surface area contributed by atoms with Crippen LogP contribution in [0.2, 0.25) is 0 Å². The Kier molecular flexibility index (Phi) is 3.16. The van der Waals surface area contributed by atoms with Crippen molar-refractivity contribution in [3.05, 3.63) is 0 Å². The first-order chi connectivity index (χ1) is 5.20. The lowest BCUT2D eigenvalue weighted by molar-refractivity contribution is 0.112. The van der Waals surface area contributed by atoms with E-state index in [1.165, 1.54) is 0 Å². The second kappa shape index (κ2) is 3.94. The van der Waals surface area contributed by atoms with Gasteiger partial charge in [-0.3, -0.25) is 0 Å². The van der Waals surface area contributed by atoms with Crippen molar-refractivity contribution in [2.45, 2.75) is 18.6 Å². The van der Waals surface area contributed by atoms with Gasteiger partial charge in [-0.2, -0.15) is 0 Å². The van der Waals surface area contributed by atoms with Crippen molar-refractivity contribution < 1.29 is 18.6 Å². The molecule has 1 fully saturated rings. The van der Waals surface area contributed by atoms with E-state index in [1.54, 1.807) is 0 Å². The van der Waals surface area contributed by atoms with Crippen LogP contribution >= 0.6 is 0 Å². The maximum atomic E-state index is 11.6. The molecule has 0 saturated carbocycles. The van der Waals surface area contributed by atoms with Crippen LogP contribution in [0.1, 0.15) is 0 Å². The highest BCUT2D eigenvalue weighted by Gasteiger charge is 2.25. The maximum Gasteiger partial charge on any atom is 0.250 e. The number of hydrogen-bond donors (Lipinski definition) is 2. The normalized spacial score (nSPS) is 31.6. The number of rotatable bonds is 3. The molecule has 5 heteroatoms. The van der Waals surface area contributed by atoms with Crippen LogP contribution in [-0.4, -0.2) is 43.4 Å². The molecular formula is C6H11F2NO2. The third-order valence-electron chi connectivity index (χ3n) is 1.58. The number of aliphatic hydroxyl groups excluding tert-OH is 1. The molecule has 0 radical (unpaired) electrons. The molecule has 0 amide bonds. The predicted octanol–water partition coefficient (Wildman–Crippen LogP) is -0.399. The van der Waals surface area contributed by atoms with Gasteiger partial charge in [-0.15, -0.1) is 0 Å². The number of hydrogen-bond acceptors (Lipinski definition) is 3. The Morgan fingerprint density at radius 3 is 2.73 bits per heavy atom. The Morgan fingerprint density at radius 1 is 1.55 bits per heavy atom. The fourth-order valence-corrected chi connectivity index (χ4v) is 0.978. The molecule has 0 aromatic rings. The van der Waals surface area contributed by atoms with E-state index in [4.69, 9.17) is 9.84 Å². The Hall–Kier alpha value is -0.260. The Balaban J connectivity index is 2.15. The minimum Gasteiger partial charge on any atom is -0.389 e. The Labute approximate surface area is 63.3 Å². The Morgan fingerprint density at radius 2 is 2.27 bits per heavy atom. The number of alkyl halides is 2. The summed E-state index contributed by atoms with van der Waals surface area (Å²) in [4.78, 5) is 0. The van der Waals surface area contributed by atoms with Gasteiger partial charge >= 0.3 is 0 Å². The van der Waals surface area contributed by atoms with Crippen molar-refractivity contribution in [2.75, 3.05) is 19.8 Å². The number of ether oxygens (including phenoxy) is 1. The summed E-state index contributed by atoms with van der Waals surface area (Å²) in [5, 5.41) is 11.6. The number of halogens is 2. The molecule has 1 heterocycles. The van der Waals surface area contributed by atoms with E-state index in [2.05, 4.69) is 5.32 Å². The molecule has 11 heavy (non-hydrogen) atoms. The summed E-state index contributed by atoms with van der Waals surface area (Å²) in [7, 11) is 0. The van der Waals surface area contributed by atoms with E-state index in [0.29, 0.717) is 6.61 Å². The molecular weight excluding hydrogens is 156 g/mol. The molecule has 0 aromatic heterocycles. The summed E-state index contributed by atoms with van der Waals surface area (Å²) in [6, 6.07) is -0.330. The van der Waals surface area contributed by atoms with Gasteiger partial charge in [-0.25, -0.2) is 8.78 Å². The first kappa shape index (κ1) is 8.83. The van der Waals surface area contributed by atoms with Crippen molar-refractivity contribution >= 4 is 0 Å². The summed E-state index contributed by atoms with van der Waals surface area (Å²) in [5.41, 5.74) is 0. The lowest BCUT2D eigenvalue weighted by Gasteiger charge is -2.13. The molecule has 2 unspecified atom stereocenters. The summed E-state index contributed by atoms with van der Waals surface area (Å²) >= 11 is 0. The van der Waals surface area contributed by atoms with Gasteiger partial charge < -0.3 is 15.2 Å². The van der Waals surface area contributed by atoms with Crippen molar-refractivity contribution in [1.29, 1.82) is 0 Å². The smallest absolute Gasteiger partial charge is 0.250 e. The minimum absolute atomic E-state index is 0.237. The topological polar surface area (TPSA) is 41.5 Å². The van der Waals surface area contributed by atoms with E-state index in [-0.39, 0.29) is 19.2 Å². The molecule has 1 aliphatic rings. The first-order valence-electron chi connectivity index (χ1n) is 3.47. The van der Waals surface area contributed by atoms with Crippen LogP contribution in [0.4, 0.5) is 8.78 Å². The Bertz CT molecular complexity index is 123. The molecule has 1 rings (SSSR count). The van der Waals surface area contributed by atoms with E-state index in [9.17, 15) is 8.78 Å². The minimum atomic E-state index is -2.37. The molecule has 3 nitrogen and oxygen atoms in total. The van der Waals surface area contributed by atoms with Gasteiger partial charge in [0.25, 0.3) is 6.43 Å². The SMILES string of the molecule is OC1COCC1NCC(F)F. The quantitative estimate of drug-likeness (QED) is 0.601. The zero-order valence-electron chi connectivity index (χ0n) is 5.96. The van der Waals surface area contributed by atoms with Gasteiger partial charge in [0.15, 0.2) is 0 Å². The van der Waals surface area contributed by atoms with Crippen LogP contribution in [0.5, 0.6) is 0 Å². The average Bonchev–Trinajstić information content (AvgIpc) is 2.31. The zero-order valence-corrected chi connectivity index (χ0v) is 5.96. The molecule has 0 bridgehead atoms. The molecule has 2 N–H and O–H groups in total. The lowest BCUT2D eigenvalue weighted by Crippen LogP contribution is -2.41. The van der Waals surface area contributed by atoms with Crippen molar-refractivity contribution in [3.63, 3.8) is 0 Å². The predicted molar refractivity (Wildman–Crippen MR) is 34.6 cm³/mol. The fourth-order valence-electron chi connectivity index (χ4n) is 0.978. The molecule has 0 aromatic carbocycles. The summed E-state index contributed by atoms with van der Waals surface area (Å²) in [6.07, 6.45) is -3.02. The molecule has 1 saturated heterocycles. The molecule has 0 aliphatic carbocycles. The molecule has 66 valence electrons. The molecule has 1 aliphatic heterocycles. The monoisotopic (exact) mass is 167 g/mol. The van der Waals surface area contributed by atoms with Crippen molar-refractivity contribution in [2.24, 2.45) is 0 Å². The van der Waals surface area contributed by atoms with E-state index >= 15 is 0 Å². The van der Waals surface area contributed by atoms with Crippen LogP contribution in [0.15, 0.2) is 0 Å². The maximum absolute atomic E-state index is 11.6. The van der Waals surface area contributed by atoms with E-state index in [1.807, 2.05) is 0 Å². The zero-order chi connectivity index (χ0) is 8.27. The highest BCUT2D eigenvalue weighted by molar-refractivity contribution is 4.80. The van der Waals surface area contributed by atoms with E-state index in [0.717, 1.165) is 0 Å². The fraction of sp³-hybridized carbons (Fsp3) is 1.00. The van der Waals surface area contributed by atoms with Crippen LogP contribution < -0.4 is 5.32 Å². The van der Waals surface area contributed by atoms with Gasteiger partial charge in [0.05, 0.1) is 31.9 Å². The highest BCUT2D eigenvalue weighted by Crippen LogP contribution is 2.05. The highest BCUT2D eigenvalue weighted by atomic mass is 19.3. The van der Waals surface area contributed by atoms with Gasteiger partial charge in [0.1, 0.15) is 0 Å². The van der Waals surface area contributed by atoms with Gasteiger partial charge in [0, 0.05) is 0 Å². The molecule has 2 atom stereocenters. The number of nitrogens with one attached hydrogen (secondary N) is 1. The summed E-state index contributed by atoms with van der Waals surface area (Å²) < 4.78 is 28.1. The van der Waals surface area contributed by atoms with Crippen LogP contribution in [0.3, 0.4) is 0 Å². The summed E-state index contributed by atoms with van der Waals surface area (Å²) in [6.45, 7) is 0.167. The lowest BCUT2D eigenvalue weighted by atomic mass is 10.2. The van der Waals surface area contributed by atoms with Gasteiger partial charge in [-0.1, -0.05) is 0 Å². The van der Waals surface area contributed by atoms with Gasteiger partial charge in [0.2, 0.25) is 0 Å². The number of aliphatic hydroxyl groups is 1. The third-order valence-corrected chi connectivity index (χ3v) is 1.58. The third kappa shape index (κ3) is 2.69. The van der Waals surface area contributed by atoms with Crippen molar-refractivity contribution in [3.8, 4) is 0 Å². The largest absolute Gasteiger partial charge is 0.389 e. The summed E-state index contributed by atoms with van der Waals surface area (Å²) in [5.74, 6) is 0. The second-order valence-electron chi connectivity index (χ2n) is 2.51. The van der Waals surface area contributed by atoms with Crippen LogP contribution in [0.25, 0.3) is 0 Å². The van der Waals surface area contributed by atoms with Crippen molar-refractivity contribution in [1.82, 2.24) is 5.32 Å².